The standard InChI is InChI=1S/C13H19FN2O/c1-9-5-6-10(14)11(7-9)16-12(17)8-15-13(2,3)4/h5-7,15H,8H2,1-4H3,(H,16,17). The number of halogens is 1. The first-order valence-corrected chi connectivity index (χ1v) is 5.59. The molecule has 0 atom stereocenters. The molecule has 17 heavy (non-hydrogen) atoms. The van der Waals surface area contributed by atoms with Gasteiger partial charge in [0.2, 0.25) is 5.91 Å². The molecule has 2 N–H and O–H groups in total. The van der Waals surface area contributed by atoms with E-state index >= 15 is 0 Å². The SMILES string of the molecule is Cc1ccc(F)c(NC(=O)CNC(C)(C)C)c1. The monoisotopic (exact) mass is 238 g/mol. The summed E-state index contributed by atoms with van der Waals surface area (Å²) < 4.78 is 13.4. The van der Waals surface area contributed by atoms with Gasteiger partial charge in [0.1, 0.15) is 5.82 Å². The van der Waals surface area contributed by atoms with E-state index in [1.807, 2.05) is 27.7 Å². The van der Waals surface area contributed by atoms with Crippen LogP contribution in [0.5, 0.6) is 0 Å². The van der Waals surface area contributed by atoms with E-state index in [-0.39, 0.29) is 23.7 Å². The molecule has 0 aromatic heterocycles. The zero-order chi connectivity index (χ0) is 13.1. The molecule has 0 radical (unpaired) electrons. The van der Waals surface area contributed by atoms with Crippen LogP contribution in [0, 0.1) is 12.7 Å². The Labute approximate surface area is 101 Å². The molecule has 0 unspecified atom stereocenters. The lowest BCUT2D eigenvalue weighted by atomic mass is 10.1. The number of rotatable bonds is 3. The van der Waals surface area contributed by atoms with Crippen molar-refractivity contribution >= 4 is 11.6 Å². The maximum absolute atomic E-state index is 13.4. The van der Waals surface area contributed by atoms with Crippen molar-refractivity contribution in [2.75, 3.05) is 11.9 Å². The molecule has 94 valence electrons. The second-order valence-electron chi connectivity index (χ2n) is 5.14. The fraction of sp³-hybridized carbons (Fsp3) is 0.462. The van der Waals surface area contributed by atoms with Crippen LogP contribution >= 0.6 is 0 Å². The third-order valence-electron chi connectivity index (χ3n) is 2.18. The van der Waals surface area contributed by atoms with Gasteiger partial charge in [-0.1, -0.05) is 6.07 Å². The molecule has 1 rings (SSSR count). The number of hydrogen-bond acceptors (Lipinski definition) is 2. The predicted molar refractivity (Wildman–Crippen MR) is 67.5 cm³/mol. The fourth-order valence-corrected chi connectivity index (χ4v) is 1.27. The molecule has 1 aromatic rings. The Hall–Kier alpha value is -1.42. The zero-order valence-corrected chi connectivity index (χ0v) is 10.7. The molecule has 1 aromatic carbocycles. The summed E-state index contributed by atoms with van der Waals surface area (Å²) in [5.41, 5.74) is 0.999. The minimum Gasteiger partial charge on any atom is -0.322 e. The number of anilines is 1. The van der Waals surface area contributed by atoms with E-state index in [0.717, 1.165) is 5.56 Å². The van der Waals surface area contributed by atoms with Gasteiger partial charge in [-0.25, -0.2) is 4.39 Å². The van der Waals surface area contributed by atoms with E-state index in [9.17, 15) is 9.18 Å². The lowest BCUT2D eigenvalue weighted by molar-refractivity contribution is -0.115. The van der Waals surface area contributed by atoms with Crippen LogP contribution in [-0.2, 0) is 4.79 Å². The smallest absolute Gasteiger partial charge is 0.238 e. The highest BCUT2D eigenvalue weighted by molar-refractivity contribution is 5.92. The maximum atomic E-state index is 13.4. The van der Waals surface area contributed by atoms with Crippen LogP contribution in [0.2, 0.25) is 0 Å². The minimum atomic E-state index is -0.417. The van der Waals surface area contributed by atoms with Crippen LogP contribution in [0.3, 0.4) is 0 Å². The van der Waals surface area contributed by atoms with Crippen LogP contribution in [0.15, 0.2) is 18.2 Å². The summed E-state index contributed by atoms with van der Waals surface area (Å²) >= 11 is 0. The van der Waals surface area contributed by atoms with Gasteiger partial charge in [0, 0.05) is 5.54 Å². The number of benzene rings is 1. The average Bonchev–Trinajstić information content (AvgIpc) is 2.20. The largest absolute Gasteiger partial charge is 0.322 e. The van der Waals surface area contributed by atoms with Gasteiger partial charge in [0.15, 0.2) is 0 Å². The van der Waals surface area contributed by atoms with Crippen molar-refractivity contribution in [2.24, 2.45) is 0 Å². The van der Waals surface area contributed by atoms with Gasteiger partial charge >= 0.3 is 0 Å². The molecule has 0 saturated carbocycles. The Bertz CT molecular complexity index is 410. The van der Waals surface area contributed by atoms with Crippen LogP contribution in [-0.4, -0.2) is 18.0 Å². The van der Waals surface area contributed by atoms with E-state index in [0.29, 0.717) is 0 Å². The molecule has 0 aliphatic rings. The molecule has 4 heteroatoms. The molecule has 1 amide bonds. The Morgan fingerprint density at radius 2 is 2.00 bits per heavy atom. The van der Waals surface area contributed by atoms with Crippen LogP contribution in [0.25, 0.3) is 0 Å². The molecular formula is C13H19FN2O. The summed E-state index contributed by atoms with van der Waals surface area (Å²) in [6.07, 6.45) is 0. The minimum absolute atomic E-state index is 0.136. The molecule has 0 aliphatic heterocycles. The van der Waals surface area contributed by atoms with Crippen molar-refractivity contribution in [3.8, 4) is 0 Å². The third kappa shape index (κ3) is 4.95. The predicted octanol–water partition coefficient (Wildman–Crippen LogP) is 2.46. The van der Waals surface area contributed by atoms with Crippen molar-refractivity contribution in [1.82, 2.24) is 5.32 Å². The average molecular weight is 238 g/mol. The van der Waals surface area contributed by atoms with Gasteiger partial charge in [0.25, 0.3) is 0 Å². The summed E-state index contributed by atoms with van der Waals surface area (Å²) in [4.78, 5) is 11.6. The van der Waals surface area contributed by atoms with Gasteiger partial charge in [-0.15, -0.1) is 0 Å². The van der Waals surface area contributed by atoms with Gasteiger partial charge in [-0.05, 0) is 45.4 Å². The number of amides is 1. The summed E-state index contributed by atoms with van der Waals surface area (Å²) in [5, 5.41) is 5.59. The highest BCUT2D eigenvalue weighted by atomic mass is 19.1. The van der Waals surface area contributed by atoms with Gasteiger partial charge in [-0.3, -0.25) is 4.79 Å². The topological polar surface area (TPSA) is 41.1 Å². The van der Waals surface area contributed by atoms with E-state index < -0.39 is 5.82 Å². The molecule has 0 saturated heterocycles. The Kier molecular flexibility index (Phi) is 4.23. The number of aryl methyl sites for hydroxylation is 1. The van der Waals surface area contributed by atoms with Crippen molar-refractivity contribution in [3.05, 3.63) is 29.6 Å². The molecule has 0 fully saturated rings. The molecule has 0 aliphatic carbocycles. The van der Waals surface area contributed by atoms with Crippen molar-refractivity contribution in [1.29, 1.82) is 0 Å². The zero-order valence-electron chi connectivity index (χ0n) is 10.7. The summed E-state index contributed by atoms with van der Waals surface area (Å²) in [6, 6.07) is 4.63. The fourth-order valence-electron chi connectivity index (χ4n) is 1.27. The summed E-state index contributed by atoms with van der Waals surface area (Å²) in [6.45, 7) is 7.91. The highest BCUT2D eigenvalue weighted by Crippen LogP contribution is 2.15. The Morgan fingerprint density at radius 1 is 1.35 bits per heavy atom. The van der Waals surface area contributed by atoms with E-state index in [2.05, 4.69) is 10.6 Å². The second-order valence-corrected chi connectivity index (χ2v) is 5.14. The van der Waals surface area contributed by atoms with Gasteiger partial charge < -0.3 is 10.6 Å². The first-order valence-electron chi connectivity index (χ1n) is 5.59. The van der Waals surface area contributed by atoms with Crippen molar-refractivity contribution in [2.45, 2.75) is 33.2 Å². The van der Waals surface area contributed by atoms with Crippen LogP contribution in [0.4, 0.5) is 10.1 Å². The Morgan fingerprint density at radius 3 is 2.59 bits per heavy atom. The normalized spacial score (nSPS) is 11.4. The maximum Gasteiger partial charge on any atom is 0.238 e. The molecular weight excluding hydrogens is 219 g/mol. The third-order valence-corrected chi connectivity index (χ3v) is 2.18. The van der Waals surface area contributed by atoms with E-state index in [4.69, 9.17) is 0 Å². The van der Waals surface area contributed by atoms with Crippen molar-refractivity contribution < 1.29 is 9.18 Å². The van der Waals surface area contributed by atoms with Gasteiger partial charge in [0.05, 0.1) is 12.2 Å². The van der Waals surface area contributed by atoms with Crippen LogP contribution in [0.1, 0.15) is 26.3 Å². The molecule has 0 spiro atoms. The first-order chi connectivity index (χ1) is 7.78. The van der Waals surface area contributed by atoms with Crippen LogP contribution < -0.4 is 10.6 Å². The van der Waals surface area contributed by atoms with E-state index in [1.54, 1.807) is 12.1 Å². The van der Waals surface area contributed by atoms with Crippen molar-refractivity contribution in [3.63, 3.8) is 0 Å². The molecule has 3 nitrogen and oxygen atoms in total. The number of nitrogens with one attached hydrogen (secondary N) is 2. The molecule has 0 heterocycles. The second kappa shape index (κ2) is 5.27. The quantitative estimate of drug-likeness (QED) is 0.849. The Balaban J connectivity index is 2.59. The summed E-state index contributed by atoms with van der Waals surface area (Å²) in [7, 11) is 0. The van der Waals surface area contributed by atoms with E-state index in [1.165, 1.54) is 6.07 Å². The molecule has 0 bridgehead atoms. The number of carbonyl (C=O) groups is 1. The number of carbonyl (C=O) groups excluding carboxylic acids is 1. The summed E-state index contributed by atoms with van der Waals surface area (Å²) in [5.74, 6) is -0.663. The lowest BCUT2D eigenvalue weighted by Crippen LogP contribution is -2.41. The lowest BCUT2D eigenvalue weighted by Gasteiger charge is -2.20. The first kappa shape index (κ1) is 13.6. The highest BCUT2D eigenvalue weighted by Gasteiger charge is 2.12. The number of hydrogen-bond donors (Lipinski definition) is 2. The van der Waals surface area contributed by atoms with Gasteiger partial charge in [-0.2, -0.15) is 0 Å².